The predicted molar refractivity (Wildman–Crippen MR) is 84.5 cm³/mol. The summed E-state index contributed by atoms with van der Waals surface area (Å²) in [7, 11) is 0. The highest BCUT2D eigenvalue weighted by molar-refractivity contribution is 8.26. The molecule has 1 aromatic carbocycles. The summed E-state index contributed by atoms with van der Waals surface area (Å²) in [5.41, 5.74) is 0.771. The van der Waals surface area contributed by atoms with E-state index in [9.17, 15) is 24.6 Å². The van der Waals surface area contributed by atoms with Crippen LogP contribution in [-0.2, 0) is 14.4 Å². The first-order valence-corrected chi connectivity index (χ1v) is 7.85. The number of thioether (sulfide) groups is 1. The molecule has 1 aliphatic rings. The van der Waals surface area contributed by atoms with Crippen LogP contribution < -0.4 is 10.2 Å². The lowest BCUT2D eigenvalue weighted by Crippen LogP contribution is -2.50. The van der Waals surface area contributed by atoms with Gasteiger partial charge in [-0.15, -0.1) is 0 Å². The number of carboxylic acid groups (broad SMARTS) is 2. The van der Waals surface area contributed by atoms with Gasteiger partial charge < -0.3 is 19.8 Å². The highest BCUT2D eigenvalue weighted by Crippen LogP contribution is 2.34. The number of carbonyl (C=O) groups is 3. The first kappa shape index (κ1) is 17.2. The maximum atomic E-state index is 12.4. The second kappa shape index (κ2) is 7.38. The van der Waals surface area contributed by atoms with Crippen LogP contribution >= 0.6 is 24.0 Å². The molecule has 0 aliphatic carbocycles. The largest absolute Gasteiger partial charge is 0.550 e. The lowest BCUT2D eigenvalue weighted by atomic mass is 10.1. The maximum absolute atomic E-state index is 12.4. The van der Waals surface area contributed by atoms with Gasteiger partial charge in [-0.25, -0.2) is 0 Å². The molecule has 120 valence electrons. The molecule has 6 nitrogen and oxygen atoms in total. The number of carbonyl (C=O) groups excluding carboxylic acids is 3. The molecule has 1 atom stereocenters. The quantitative estimate of drug-likeness (QED) is 0.506. The summed E-state index contributed by atoms with van der Waals surface area (Å²) in [6, 6.07) is 7.58. The van der Waals surface area contributed by atoms with Gasteiger partial charge in [0.25, 0.3) is 5.91 Å². The molecule has 0 N–H and O–H groups in total. The van der Waals surface area contributed by atoms with Gasteiger partial charge in [-0.1, -0.05) is 54.3 Å². The van der Waals surface area contributed by atoms with Gasteiger partial charge in [0.15, 0.2) is 0 Å². The maximum Gasteiger partial charge on any atom is 0.266 e. The minimum atomic E-state index is -1.55. The van der Waals surface area contributed by atoms with Crippen molar-refractivity contribution < 1.29 is 24.6 Å². The highest BCUT2D eigenvalue weighted by Gasteiger charge is 2.37. The van der Waals surface area contributed by atoms with Crippen molar-refractivity contribution in [2.75, 3.05) is 0 Å². The Morgan fingerprint density at radius 3 is 2.48 bits per heavy atom. The van der Waals surface area contributed by atoms with Crippen molar-refractivity contribution >= 4 is 52.2 Å². The van der Waals surface area contributed by atoms with E-state index < -0.39 is 30.3 Å². The fourth-order valence-corrected chi connectivity index (χ4v) is 3.41. The van der Waals surface area contributed by atoms with E-state index in [0.717, 1.165) is 22.2 Å². The monoisotopic (exact) mass is 349 g/mol. The van der Waals surface area contributed by atoms with Crippen LogP contribution in [0.25, 0.3) is 6.08 Å². The lowest BCUT2D eigenvalue weighted by molar-refractivity contribution is -0.311. The molecule has 0 bridgehead atoms. The Kier molecular flexibility index (Phi) is 5.51. The zero-order valence-corrected chi connectivity index (χ0v) is 13.4. The van der Waals surface area contributed by atoms with E-state index in [0.29, 0.717) is 0 Å². The van der Waals surface area contributed by atoms with Gasteiger partial charge in [0.2, 0.25) is 0 Å². The molecule has 0 radical (unpaired) electrons. The predicted octanol–water partition coefficient (Wildman–Crippen LogP) is -0.464. The van der Waals surface area contributed by atoms with Crippen molar-refractivity contribution in [1.82, 2.24) is 4.90 Å². The van der Waals surface area contributed by atoms with Crippen LogP contribution in [0.4, 0.5) is 0 Å². The van der Waals surface area contributed by atoms with Crippen LogP contribution in [0.1, 0.15) is 18.4 Å². The molecule has 1 saturated heterocycles. The second-order valence-electron chi connectivity index (χ2n) is 4.71. The van der Waals surface area contributed by atoms with E-state index in [-0.39, 0.29) is 15.6 Å². The summed E-state index contributed by atoms with van der Waals surface area (Å²) in [6.07, 6.45) is 0.771. The van der Waals surface area contributed by atoms with E-state index in [1.807, 2.05) is 6.07 Å². The van der Waals surface area contributed by atoms with Crippen LogP contribution in [0.3, 0.4) is 0 Å². The minimum Gasteiger partial charge on any atom is -0.550 e. The van der Waals surface area contributed by atoms with Gasteiger partial charge >= 0.3 is 0 Å². The number of nitrogens with zero attached hydrogens (tertiary/aromatic N) is 1. The van der Waals surface area contributed by atoms with E-state index in [1.165, 1.54) is 0 Å². The number of aliphatic carboxylic acids is 2. The topological polar surface area (TPSA) is 101 Å². The molecule has 0 aromatic heterocycles. The number of carboxylic acids is 2. The van der Waals surface area contributed by atoms with Crippen molar-refractivity contribution in [3.05, 3.63) is 40.8 Å². The standard InChI is InChI=1S/C15H13NO5S2/c17-12(18)7-6-10(14(20)21)16-13(19)11(23-15(16)22)8-9-4-2-1-3-5-9/h1-5,8,10H,6-7H2,(H,17,18)(H,20,21)/p-2/b11-8+/t10-/m1/s1. The molecule has 8 heteroatoms. The van der Waals surface area contributed by atoms with Gasteiger partial charge in [0, 0.05) is 5.97 Å². The van der Waals surface area contributed by atoms with Gasteiger partial charge in [0.1, 0.15) is 4.32 Å². The van der Waals surface area contributed by atoms with E-state index in [4.69, 9.17) is 12.2 Å². The first-order valence-electron chi connectivity index (χ1n) is 6.63. The summed E-state index contributed by atoms with van der Waals surface area (Å²) >= 11 is 6.03. The third-order valence-electron chi connectivity index (χ3n) is 3.13. The van der Waals surface area contributed by atoms with Crippen LogP contribution in [-0.4, -0.2) is 33.1 Å². The second-order valence-corrected chi connectivity index (χ2v) is 6.38. The Bertz CT molecular complexity index is 686. The molecule has 23 heavy (non-hydrogen) atoms. The van der Waals surface area contributed by atoms with Gasteiger partial charge in [-0.05, 0) is 24.5 Å². The number of hydrogen-bond donors (Lipinski definition) is 0. The molecule has 2 rings (SSSR count). The zero-order valence-electron chi connectivity index (χ0n) is 11.8. The van der Waals surface area contributed by atoms with Crippen molar-refractivity contribution in [3.63, 3.8) is 0 Å². The number of benzene rings is 1. The SMILES string of the molecule is O=C([O-])CC[C@H](C(=O)[O-])N1C(=O)/C(=C\c2ccccc2)SC1=S. The van der Waals surface area contributed by atoms with Crippen molar-refractivity contribution in [3.8, 4) is 0 Å². The number of rotatable bonds is 6. The van der Waals surface area contributed by atoms with Gasteiger partial charge in [-0.3, -0.25) is 9.69 Å². The molecule has 0 spiro atoms. The lowest BCUT2D eigenvalue weighted by Gasteiger charge is -2.27. The Labute approximate surface area is 141 Å². The summed E-state index contributed by atoms with van der Waals surface area (Å²) in [5.74, 6) is -3.53. The van der Waals surface area contributed by atoms with Gasteiger partial charge in [0.05, 0.1) is 16.9 Å². The molecule has 0 unspecified atom stereocenters. The summed E-state index contributed by atoms with van der Waals surface area (Å²) < 4.78 is 0.0599. The molecular weight excluding hydrogens is 338 g/mol. The molecular formula is C15H11NO5S2-2. The van der Waals surface area contributed by atoms with Crippen LogP contribution in [0.15, 0.2) is 35.2 Å². The van der Waals surface area contributed by atoms with Gasteiger partial charge in [-0.2, -0.15) is 0 Å². The smallest absolute Gasteiger partial charge is 0.266 e. The fraction of sp³-hybridized carbons (Fsp3) is 0.200. The number of thiocarbonyl (C=S) groups is 1. The molecule has 1 amide bonds. The van der Waals surface area contributed by atoms with Crippen LogP contribution in [0, 0.1) is 0 Å². The Hall–Kier alpha value is -2.19. The van der Waals surface area contributed by atoms with E-state index in [1.54, 1.807) is 30.3 Å². The Balaban J connectivity index is 2.24. The van der Waals surface area contributed by atoms with E-state index in [2.05, 4.69) is 0 Å². The van der Waals surface area contributed by atoms with Crippen molar-refractivity contribution in [2.45, 2.75) is 18.9 Å². The fourth-order valence-electron chi connectivity index (χ4n) is 2.06. The Morgan fingerprint density at radius 2 is 1.91 bits per heavy atom. The third-order valence-corrected chi connectivity index (χ3v) is 4.46. The van der Waals surface area contributed by atoms with Crippen molar-refractivity contribution in [2.24, 2.45) is 0 Å². The average molecular weight is 349 g/mol. The van der Waals surface area contributed by atoms with E-state index >= 15 is 0 Å². The average Bonchev–Trinajstić information content (AvgIpc) is 2.75. The molecule has 0 saturated carbocycles. The zero-order chi connectivity index (χ0) is 17.0. The Morgan fingerprint density at radius 1 is 1.26 bits per heavy atom. The number of hydrogen-bond acceptors (Lipinski definition) is 7. The molecule has 1 heterocycles. The molecule has 1 aromatic rings. The molecule has 1 aliphatic heterocycles. The van der Waals surface area contributed by atoms with Crippen LogP contribution in [0.5, 0.6) is 0 Å². The first-order chi connectivity index (χ1) is 10.9. The molecule has 1 fully saturated rings. The van der Waals surface area contributed by atoms with Crippen molar-refractivity contribution in [1.29, 1.82) is 0 Å². The highest BCUT2D eigenvalue weighted by atomic mass is 32.2. The minimum absolute atomic E-state index is 0.0599. The third kappa shape index (κ3) is 4.17. The number of amides is 1. The normalized spacial score (nSPS) is 17.6. The van der Waals surface area contributed by atoms with Crippen LogP contribution in [0.2, 0.25) is 0 Å². The summed E-state index contributed by atoms with van der Waals surface area (Å²) in [6.45, 7) is 0. The summed E-state index contributed by atoms with van der Waals surface area (Å²) in [5, 5.41) is 21.8. The summed E-state index contributed by atoms with van der Waals surface area (Å²) in [4.78, 5) is 35.4.